The third kappa shape index (κ3) is 2.29. The van der Waals surface area contributed by atoms with Crippen LogP contribution in [0.3, 0.4) is 0 Å². The number of aryl methyl sites for hydroxylation is 1. The fourth-order valence-corrected chi connectivity index (χ4v) is 1.67. The van der Waals surface area contributed by atoms with Gasteiger partial charge in [0.25, 0.3) is 11.8 Å². The van der Waals surface area contributed by atoms with Gasteiger partial charge in [0.05, 0.1) is 0 Å². The average molecular weight is 233 g/mol. The fourth-order valence-electron chi connectivity index (χ4n) is 1.67. The number of nitrogens with one attached hydrogen (secondary N) is 2. The van der Waals surface area contributed by atoms with E-state index in [0.29, 0.717) is 18.4 Å². The molecule has 0 aliphatic heterocycles. The van der Waals surface area contributed by atoms with Crippen molar-refractivity contribution >= 4 is 11.8 Å². The van der Waals surface area contributed by atoms with Crippen LogP contribution in [0.4, 0.5) is 0 Å². The Morgan fingerprint density at radius 3 is 2.29 bits per heavy atom. The maximum Gasteiger partial charge on any atom is 0.259 e. The number of carbonyl (C=O) groups is 2. The summed E-state index contributed by atoms with van der Waals surface area (Å²) in [5.41, 5.74) is 2.92. The summed E-state index contributed by atoms with van der Waals surface area (Å²) in [4.78, 5) is 23.4. The van der Waals surface area contributed by atoms with E-state index in [4.69, 9.17) is 5.84 Å². The van der Waals surface area contributed by atoms with E-state index >= 15 is 0 Å². The zero-order valence-electron chi connectivity index (χ0n) is 9.62. The van der Waals surface area contributed by atoms with Crippen LogP contribution >= 0.6 is 0 Å². The molecule has 0 saturated heterocycles. The number of amides is 2. The van der Waals surface area contributed by atoms with Crippen LogP contribution in [0.5, 0.6) is 0 Å². The van der Waals surface area contributed by atoms with E-state index in [-0.39, 0.29) is 11.8 Å². The molecule has 2 rings (SSSR count). The van der Waals surface area contributed by atoms with Crippen LogP contribution in [0, 0.1) is 6.92 Å². The Kier molecular flexibility index (Phi) is 2.85. The first kappa shape index (κ1) is 11.6. The zero-order valence-corrected chi connectivity index (χ0v) is 9.62. The van der Waals surface area contributed by atoms with E-state index in [1.807, 2.05) is 19.1 Å². The third-order valence-corrected chi connectivity index (χ3v) is 2.98. The van der Waals surface area contributed by atoms with Crippen LogP contribution in [0.25, 0.3) is 0 Å². The number of carbonyl (C=O) groups excluding carboxylic acids is 2. The van der Waals surface area contributed by atoms with Gasteiger partial charge in [0, 0.05) is 5.56 Å². The van der Waals surface area contributed by atoms with Gasteiger partial charge in [-0.1, -0.05) is 17.7 Å². The second-order valence-corrected chi connectivity index (χ2v) is 4.38. The number of benzene rings is 1. The highest BCUT2D eigenvalue weighted by molar-refractivity contribution is 6.00. The molecule has 17 heavy (non-hydrogen) atoms. The molecule has 5 heteroatoms. The minimum atomic E-state index is -0.795. The molecule has 2 amide bonds. The summed E-state index contributed by atoms with van der Waals surface area (Å²) in [6.45, 7) is 1.95. The van der Waals surface area contributed by atoms with Gasteiger partial charge >= 0.3 is 0 Å². The quantitative estimate of drug-likeness (QED) is 0.397. The van der Waals surface area contributed by atoms with Crippen molar-refractivity contribution in [2.75, 3.05) is 0 Å². The molecule has 90 valence electrons. The molecule has 1 fully saturated rings. The highest BCUT2D eigenvalue weighted by Crippen LogP contribution is 2.35. The zero-order chi connectivity index (χ0) is 12.5. The van der Waals surface area contributed by atoms with Crippen molar-refractivity contribution in [1.29, 1.82) is 0 Å². The first-order chi connectivity index (χ1) is 8.07. The van der Waals surface area contributed by atoms with Crippen molar-refractivity contribution < 1.29 is 9.59 Å². The van der Waals surface area contributed by atoms with Gasteiger partial charge in [-0.15, -0.1) is 0 Å². The minimum absolute atomic E-state index is 0.244. The molecule has 0 unspecified atom stereocenters. The highest BCUT2D eigenvalue weighted by atomic mass is 16.2. The summed E-state index contributed by atoms with van der Waals surface area (Å²) < 4.78 is 0. The molecule has 0 atom stereocenters. The molecule has 0 bridgehead atoms. The van der Waals surface area contributed by atoms with Crippen LogP contribution in [0.15, 0.2) is 24.3 Å². The maximum atomic E-state index is 11.9. The van der Waals surface area contributed by atoms with Crippen LogP contribution in [-0.4, -0.2) is 17.4 Å². The topological polar surface area (TPSA) is 84.2 Å². The lowest BCUT2D eigenvalue weighted by molar-refractivity contribution is -0.124. The van der Waals surface area contributed by atoms with Crippen LogP contribution < -0.4 is 16.6 Å². The predicted octanol–water partition coefficient (Wildman–Crippen LogP) is 0.247. The lowest BCUT2D eigenvalue weighted by atomic mass is 10.1. The third-order valence-electron chi connectivity index (χ3n) is 2.98. The average Bonchev–Trinajstić information content (AvgIpc) is 3.09. The smallest absolute Gasteiger partial charge is 0.259 e. The van der Waals surface area contributed by atoms with Gasteiger partial charge in [0.1, 0.15) is 5.54 Å². The van der Waals surface area contributed by atoms with Crippen molar-refractivity contribution in [2.45, 2.75) is 25.3 Å². The van der Waals surface area contributed by atoms with E-state index in [1.54, 1.807) is 12.1 Å². The van der Waals surface area contributed by atoms with Crippen molar-refractivity contribution in [1.82, 2.24) is 10.7 Å². The Morgan fingerprint density at radius 2 is 1.82 bits per heavy atom. The van der Waals surface area contributed by atoms with Crippen molar-refractivity contribution in [3.63, 3.8) is 0 Å². The van der Waals surface area contributed by atoms with Gasteiger partial charge < -0.3 is 5.32 Å². The standard InChI is InChI=1S/C12H15N3O2/c1-8-2-4-9(5-3-8)10(16)14-12(6-7-12)11(17)15-13/h2-5H,6-7,13H2,1H3,(H,14,16)(H,15,17). The van der Waals surface area contributed by atoms with E-state index in [1.165, 1.54) is 0 Å². The summed E-state index contributed by atoms with van der Waals surface area (Å²) in [6.07, 6.45) is 1.27. The summed E-state index contributed by atoms with van der Waals surface area (Å²) in [7, 11) is 0. The van der Waals surface area contributed by atoms with Crippen LogP contribution in [-0.2, 0) is 4.79 Å². The maximum absolute atomic E-state index is 11.9. The molecule has 0 radical (unpaired) electrons. The molecule has 1 aromatic carbocycles. The predicted molar refractivity (Wildman–Crippen MR) is 62.9 cm³/mol. The van der Waals surface area contributed by atoms with Crippen molar-refractivity contribution in [3.8, 4) is 0 Å². The van der Waals surface area contributed by atoms with E-state index < -0.39 is 5.54 Å². The second kappa shape index (κ2) is 4.18. The second-order valence-electron chi connectivity index (χ2n) is 4.38. The molecular formula is C12H15N3O2. The molecule has 1 aliphatic rings. The van der Waals surface area contributed by atoms with Gasteiger partial charge in [-0.3, -0.25) is 15.0 Å². The molecular weight excluding hydrogens is 218 g/mol. The van der Waals surface area contributed by atoms with Crippen molar-refractivity contribution in [3.05, 3.63) is 35.4 Å². The molecule has 0 aromatic heterocycles. The van der Waals surface area contributed by atoms with Crippen molar-refractivity contribution in [2.24, 2.45) is 5.84 Å². The molecule has 1 saturated carbocycles. The Morgan fingerprint density at radius 1 is 1.24 bits per heavy atom. The van der Waals surface area contributed by atoms with Crippen LogP contribution in [0.1, 0.15) is 28.8 Å². The first-order valence-electron chi connectivity index (χ1n) is 5.48. The lowest BCUT2D eigenvalue weighted by Crippen LogP contribution is -2.51. The molecule has 5 nitrogen and oxygen atoms in total. The van der Waals surface area contributed by atoms with E-state index in [9.17, 15) is 9.59 Å². The normalized spacial score (nSPS) is 16.1. The lowest BCUT2D eigenvalue weighted by Gasteiger charge is -2.15. The Bertz CT molecular complexity index is 449. The van der Waals surface area contributed by atoms with Gasteiger partial charge in [-0.05, 0) is 31.9 Å². The minimum Gasteiger partial charge on any atom is -0.338 e. The number of nitrogens with two attached hydrogens (primary N) is 1. The number of rotatable bonds is 3. The first-order valence-corrected chi connectivity index (χ1v) is 5.48. The molecule has 4 N–H and O–H groups in total. The summed E-state index contributed by atoms with van der Waals surface area (Å²) >= 11 is 0. The van der Waals surface area contributed by atoms with Crippen LogP contribution in [0.2, 0.25) is 0 Å². The Balaban J connectivity index is 2.07. The highest BCUT2D eigenvalue weighted by Gasteiger charge is 2.51. The molecule has 0 heterocycles. The summed E-state index contributed by atoms with van der Waals surface area (Å²) in [5.74, 6) is 4.50. The molecule has 1 aromatic rings. The largest absolute Gasteiger partial charge is 0.338 e. The number of hydrogen-bond donors (Lipinski definition) is 3. The number of hydrogen-bond acceptors (Lipinski definition) is 3. The van der Waals surface area contributed by atoms with Gasteiger partial charge in [0.15, 0.2) is 0 Å². The molecule has 1 aliphatic carbocycles. The number of hydrazine groups is 1. The molecule has 0 spiro atoms. The summed E-state index contributed by atoms with van der Waals surface area (Å²) in [6, 6.07) is 7.19. The van der Waals surface area contributed by atoms with E-state index in [0.717, 1.165) is 5.56 Å². The van der Waals surface area contributed by atoms with Gasteiger partial charge in [-0.2, -0.15) is 0 Å². The SMILES string of the molecule is Cc1ccc(C(=O)NC2(C(=O)NN)CC2)cc1. The summed E-state index contributed by atoms with van der Waals surface area (Å²) in [5, 5.41) is 2.72. The van der Waals surface area contributed by atoms with Gasteiger partial charge in [-0.25, -0.2) is 5.84 Å². The Hall–Kier alpha value is -1.88. The monoisotopic (exact) mass is 233 g/mol. The van der Waals surface area contributed by atoms with Gasteiger partial charge in [0.2, 0.25) is 0 Å². The fraction of sp³-hybridized carbons (Fsp3) is 0.333. The van der Waals surface area contributed by atoms with E-state index in [2.05, 4.69) is 10.7 Å². The Labute approximate surface area is 99.3 Å².